The number of aromatic nitrogens is 2. The zero-order chi connectivity index (χ0) is 19.7. The lowest BCUT2D eigenvalue weighted by Crippen LogP contribution is -2.30. The molecule has 0 spiro atoms. The second kappa shape index (κ2) is 7.30. The maximum absolute atomic E-state index is 13.9. The highest BCUT2D eigenvalue weighted by Crippen LogP contribution is 2.33. The van der Waals surface area contributed by atoms with E-state index in [1.807, 2.05) is 4.90 Å². The molecule has 1 fully saturated rings. The SMILES string of the molecule is O=C(O)NC[C@@H]1CCN(c2nc(-c3ccccc3O)nc3ccc(F)cc23)C1. The van der Waals surface area contributed by atoms with Gasteiger partial charge in [0.15, 0.2) is 5.82 Å². The van der Waals surface area contributed by atoms with Crippen LogP contribution in [0.15, 0.2) is 42.5 Å². The third-order valence-corrected chi connectivity index (χ3v) is 4.91. The van der Waals surface area contributed by atoms with Crippen molar-refractivity contribution in [1.82, 2.24) is 15.3 Å². The number of hydrogen-bond acceptors (Lipinski definition) is 5. The summed E-state index contributed by atoms with van der Waals surface area (Å²) in [5.74, 6) is 0.777. The van der Waals surface area contributed by atoms with Crippen LogP contribution >= 0.6 is 0 Å². The predicted octanol–water partition coefficient (Wildman–Crippen LogP) is 3.24. The Balaban J connectivity index is 1.75. The van der Waals surface area contributed by atoms with Gasteiger partial charge in [-0.25, -0.2) is 19.2 Å². The molecule has 0 bridgehead atoms. The third kappa shape index (κ3) is 3.53. The number of phenolic OH excluding ortho intramolecular Hbond substituents is 1. The highest BCUT2D eigenvalue weighted by molar-refractivity contribution is 5.91. The van der Waals surface area contributed by atoms with E-state index >= 15 is 0 Å². The summed E-state index contributed by atoms with van der Waals surface area (Å²) in [5.41, 5.74) is 1.08. The van der Waals surface area contributed by atoms with Crippen LogP contribution in [0.4, 0.5) is 15.0 Å². The molecule has 2 aromatic carbocycles. The number of rotatable bonds is 4. The van der Waals surface area contributed by atoms with Crippen LogP contribution in [-0.4, -0.2) is 45.9 Å². The predicted molar refractivity (Wildman–Crippen MR) is 103 cm³/mol. The van der Waals surface area contributed by atoms with Gasteiger partial charge in [-0.2, -0.15) is 0 Å². The zero-order valence-electron chi connectivity index (χ0n) is 15.0. The van der Waals surface area contributed by atoms with Gasteiger partial charge in [0.1, 0.15) is 17.4 Å². The second-order valence-corrected chi connectivity index (χ2v) is 6.84. The fourth-order valence-corrected chi connectivity index (χ4v) is 3.53. The number of benzene rings is 2. The molecule has 3 aromatic rings. The van der Waals surface area contributed by atoms with E-state index in [0.29, 0.717) is 47.7 Å². The molecular formula is C20H19FN4O3. The van der Waals surface area contributed by atoms with Crippen molar-refractivity contribution in [3.05, 3.63) is 48.3 Å². The van der Waals surface area contributed by atoms with Crippen molar-refractivity contribution in [2.24, 2.45) is 5.92 Å². The van der Waals surface area contributed by atoms with Gasteiger partial charge in [0, 0.05) is 25.0 Å². The molecule has 144 valence electrons. The number of hydrogen-bond donors (Lipinski definition) is 3. The first-order valence-corrected chi connectivity index (χ1v) is 8.98. The lowest BCUT2D eigenvalue weighted by atomic mass is 10.1. The van der Waals surface area contributed by atoms with E-state index in [1.54, 1.807) is 30.3 Å². The minimum Gasteiger partial charge on any atom is -0.507 e. The van der Waals surface area contributed by atoms with E-state index < -0.39 is 6.09 Å². The number of anilines is 1. The highest BCUT2D eigenvalue weighted by atomic mass is 19.1. The van der Waals surface area contributed by atoms with Gasteiger partial charge in [0.05, 0.1) is 11.1 Å². The molecule has 0 unspecified atom stereocenters. The molecule has 0 saturated carbocycles. The smallest absolute Gasteiger partial charge is 0.404 e. The summed E-state index contributed by atoms with van der Waals surface area (Å²) in [4.78, 5) is 21.9. The van der Waals surface area contributed by atoms with E-state index in [9.17, 15) is 14.3 Å². The van der Waals surface area contributed by atoms with Crippen molar-refractivity contribution in [1.29, 1.82) is 0 Å². The Labute approximate surface area is 160 Å². The molecule has 0 aliphatic carbocycles. The number of amides is 1. The Morgan fingerprint density at radius 2 is 2.07 bits per heavy atom. The summed E-state index contributed by atoms with van der Waals surface area (Å²) in [6, 6.07) is 11.1. The van der Waals surface area contributed by atoms with Crippen molar-refractivity contribution in [2.75, 3.05) is 24.5 Å². The molecule has 1 aliphatic heterocycles. The Kier molecular flexibility index (Phi) is 4.68. The third-order valence-electron chi connectivity index (χ3n) is 4.91. The summed E-state index contributed by atoms with van der Waals surface area (Å²) in [6.45, 7) is 1.63. The van der Waals surface area contributed by atoms with Gasteiger partial charge in [-0.3, -0.25) is 0 Å². The van der Waals surface area contributed by atoms with Crippen molar-refractivity contribution in [3.8, 4) is 17.1 Å². The molecule has 1 amide bonds. The number of carboxylic acid groups (broad SMARTS) is 1. The number of carbonyl (C=O) groups is 1. The molecule has 2 heterocycles. The fraction of sp³-hybridized carbons (Fsp3) is 0.250. The first kappa shape index (κ1) is 18.0. The Morgan fingerprint density at radius 1 is 1.25 bits per heavy atom. The van der Waals surface area contributed by atoms with Gasteiger partial charge >= 0.3 is 6.09 Å². The van der Waals surface area contributed by atoms with E-state index in [-0.39, 0.29) is 17.5 Å². The first-order chi connectivity index (χ1) is 13.5. The van der Waals surface area contributed by atoms with Gasteiger partial charge in [0.2, 0.25) is 0 Å². The van der Waals surface area contributed by atoms with E-state index in [0.717, 1.165) is 6.42 Å². The van der Waals surface area contributed by atoms with Crippen LogP contribution in [0.5, 0.6) is 5.75 Å². The van der Waals surface area contributed by atoms with Gasteiger partial charge in [0.25, 0.3) is 0 Å². The molecule has 8 heteroatoms. The monoisotopic (exact) mass is 382 g/mol. The average Bonchev–Trinajstić information content (AvgIpc) is 3.15. The molecule has 1 saturated heterocycles. The summed E-state index contributed by atoms with van der Waals surface area (Å²) in [5, 5.41) is 22.0. The molecule has 7 nitrogen and oxygen atoms in total. The van der Waals surface area contributed by atoms with Crippen LogP contribution in [0.2, 0.25) is 0 Å². The van der Waals surface area contributed by atoms with E-state index in [4.69, 9.17) is 5.11 Å². The van der Waals surface area contributed by atoms with Gasteiger partial charge < -0.3 is 20.4 Å². The standard InChI is InChI=1S/C20H19FN4O3/c21-13-5-6-16-15(9-13)19(25-8-7-12(11-25)10-22-20(27)28)24-18(23-16)14-3-1-2-4-17(14)26/h1-6,9,12,22,26H,7-8,10-11H2,(H,27,28)/t12-/m0/s1. The normalized spacial score (nSPS) is 16.5. The lowest BCUT2D eigenvalue weighted by Gasteiger charge is -2.20. The number of nitrogens with zero attached hydrogens (tertiary/aromatic N) is 3. The number of halogens is 1. The van der Waals surface area contributed by atoms with Crippen LogP contribution in [0.25, 0.3) is 22.3 Å². The van der Waals surface area contributed by atoms with Crippen LogP contribution in [0, 0.1) is 11.7 Å². The van der Waals surface area contributed by atoms with Crippen LogP contribution in [0.3, 0.4) is 0 Å². The van der Waals surface area contributed by atoms with Gasteiger partial charge in [-0.1, -0.05) is 12.1 Å². The molecule has 1 atom stereocenters. The molecule has 4 rings (SSSR count). The summed E-state index contributed by atoms with van der Waals surface area (Å²) < 4.78 is 13.9. The number of para-hydroxylation sites is 1. The number of phenols is 1. The fourth-order valence-electron chi connectivity index (χ4n) is 3.53. The van der Waals surface area contributed by atoms with Crippen LogP contribution < -0.4 is 10.2 Å². The molecule has 28 heavy (non-hydrogen) atoms. The topological polar surface area (TPSA) is 98.6 Å². The highest BCUT2D eigenvalue weighted by Gasteiger charge is 2.26. The molecule has 0 radical (unpaired) electrons. The van der Waals surface area contributed by atoms with E-state index in [1.165, 1.54) is 12.1 Å². The number of aromatic hydroxyl groups is 1. The average molecular weight is 382 g/mol. The van der Waals surface area contributed by atoms with Crippen molar-refractivity contribution in [3.63, 3.8) is 0 Å². The van der Waals surface area contributed by atoms with Crippen LogP contribution in [-0.2, 0) is 0 Å². The summed E-state index contributed by atoms with van der Waals surface area (Å²) >= 11 is 0. The van der Waals surface area contributed by atoms with Crippen molar-refractivity contribution >= 4 is 22.8 Å². The first-order valence-electron chi connectivity index (χ1n) is 8.98. The summed E-state index contributed by atoms with van der Waals surface area (Å²) in [6.07, 6.45) is -0.248. The quantitative estimate of drug-likeness (QED) is 0.641. The molecule has 3 N–H and O–H groups in total. The van der Waals surface area contributed by atoms with Crippen molar-refractivity contribution in [2.45, 2.75) is 6.42 Å². The van der Waals surface area contributed by atoms with Gasteiger partial charge in [-0.05, 0) is 42.7 Å². The Hall–Kier alpha value is -3.42. The minimum absolute atomic E-state index is 0.0693. The largest absolute Gasteiger partial charge is 0.507 e. The van der Waals surface area contributed by atoms with E-state index in [2.05, 4.69) is 15.3 Å². The van der Waals surface area contributed by atoms with Crippen molar-refractivity contribution < 1.29 is 19.4 Å². The molecular weight excluding hydrogens is 363 g/mol. The lowest BCUT2D eigenvalue weighted by molar-refractivity contribution is 0.192. The zero-order valence-corrected chi connectivity index (χ0v) is 15.0. The summed E-state index contributed by atoms with van der Waals surface area (Å²) in [7, 11) is 0. The maximum Gasteiger partial charge on any atom is 0.404 e. The Bertz CT molecular complexity index is 1040. The number of nitrogens with one attached hydrogen (secondary N) is 1. The molecule has 1 aromatic heterocycles. The van der Waals surface area contributed by atoms with Gasteiger partial charge in [-0.15, -0.1) is 0 Å². The second-order valence-electron chi connectivity index (χ2n) is 6.84. The minimum atomic E-state index is -1.05. The Morgan fingerprint density at radius 3 is 2.86 bits per heavy atom. The number of fused-ring (bicyclic) bond motifs is 1. The van der Waals surface area contributed by atoms with Crippen LogP contribution in [0.1, 0.15) is 6.42 Å². The molecule has 1 aliphatic rings. The maximum atomic E-state index is 13.9.